The van der Waals surface area contributed by atoms with E-state index in [1.807, 2.05) is 73.0 Å². The minimum absolute atomic E-state index is 0.134. The highest BCUT2D eigenvalue weighted by atomic mass is 32.2. The smallest absolute Gasteiger partial charge is 0.260 e. The molecule has 0 saturated heterocycles. The molecule has 30 heavy (non-hydrogen) atoms. The molecule has 5 aromatic rings. The zero-order valence-electron chi connectivity index (χ0n) is 15.9. The molecule has 3 aromatic heterocycles. The number of para-hydroxylation sites is 1. The molecule has 1 N–H and O–H groups in total. The third kappa shape index (κ3) is 3.42. The van der Waals surface area contributed by atoms with Crippen LogP contribution < -0.4 is 5.56 Å². The predicted molar refractivity (Wildman–Crippen MR) is 119 cm³/mol. The molecule has 1 atom stereocenters. The van der Waals surface area contributed by atoms with E-state index < -0.39 is 0 Å². The largest absolute Gasteiger partial charge is 0.309 e. The fraction of sp³-hybridized carbons (Fsp3) is 0.0952. The molecule has 0 fully saturated rings. The van der Waals surface area contributed by atoms with Gasteiger partial charge in [-0.1, -0.05) is 60.3 Å². The average Bonchev–Trinajstić information content (AvgIpc) is 3.42. The molecule has 0 aliphatic rings. The van der Waals surface area contributed by atoms with Crippen LogP contribution in [-0.4, -0.2) is 30.2 Å². The summed E-state index contributed by atoms with van der Waals surface area (Å²) in [4.78, 5) is 21.3. The van der Waals surface area contributed by atoms with Gasteiger partial charge in [0.25, 0.3) is 5.56 Å². The topological polar surface area (TPSA) is 89.3 Å². The Morgan fingerprint density at radius 2 is 1.80 bits per heavy atom. The quantitative estimate of drug-likeness (QED) is 0.412. The minimum atomic E-state index is -0.141. The molecule has 7 nitrogen and oxygen atoms in total. The molecule has 0 aliphatic heterocycles. The first-order chi connectivity index (χ1) is 14.7. The van der Waals surface area contributed by atoms with Gasteiger partial charge in [0.15, 0.2) is 0 Å². The van der Waals surface area contributed by atoms with Crippen molar-refractivity contribution in [3.63, 3.8) is 0 Å². The Morgan fingerprint density at radius 1 is 1.07 bits per heavy atom. The number of nitrogens with one attached hydrogen (secondary N) is 1. The first-order valence-corrected chi connectivity index (χ1v) is 11.0. The molecule has 5 rings (SSSR count). The number of H-pyrrole nitrogens is 1. The summed E-state index contributed by atoms with van der Waals surface area (Å²) < 4.78 is 1.68. The van der Waals surface area contributed by atoms with Crippen LogP contribution in [0.25, 0.3) is 27.0 Å². The van der Waals surface area contributed by atoms with Gasteiger partial charge in [0.2, 0.25) is 5.16 Å². The molecule has 0 bridgehead atoms. The van der Waals surface area contributed by atoms with E-state index in [9.17, 15) is 4.79 Å². The van der Waals surface area contributed by atoms with E-state index in [2.05, 4.69) is 20.5 Å². The molecule has 0 amide bonds. The summed E-state index contributed by atoms with van der Waals surface area (Å²) in [5, 5.41) is 15.1. The van der Waals surface area contributed by atoms with Gasteiger partial charge in [0.05, 0.1) is 16.3 Å². The number of fused-ring (bicyclic) bond motifs is 1. The number of benzene rings is 2. The van der Waals surface area contributed by atoms with Crippen LogP contribution in [0.1, 0.15) is 18.0 Å². The molecular weight excluding hydrogens is 416 g/mol. The van der Waals surface area contributed by atoms with E-state index in [1.54, 1.807) is 4.68 Å². The van der Waals surface area contributed by atoms with Crippen molar-refractivity contribution in [1.82, 2.24) is 30.2 Å². The van der Waals surface area contributed by atoms with Crippen LogP contribution >= 0.6 is 23.1 Å². The lowest BCUT2D eigenvalue weighted by Gasteiger charge is -2.10. The lowest BCUT2D eigenvalue weighted by Crippen LogP contribution is -2.12. The average molecular weight is 433 g/mol. The van der Waals surface area contributed by atoms with E-state index in [-0.39, 0.29) is 10.8 Å². The van der Waals surface area contributed by atoms with E-state index in [0.717, 1.165) is 21.6 Å². The van der Waals surface area contributed by atoms with Crippen molar-refractivity contribution in [3.05, 3.63) is 82.2 Å². The number of rotatable bonds is 5. The predicted octanol–water partition coefficient (Wildman–Crippen LogP) is 4.48. The van der Waals surface area contributed by atoms with Gasteiger partial charge in [0.1, 0.15) is 10.7 Å². The highest BCUT2D eigenvalue weighted by molar-refractivity contribution is 7.99. The lowest BCUT2D eigenvalue weighted by molar-refractivity contribution is 0.754. The Bertz CT molecular complexity index is 1360. The number of hydrogen-bond acceptors (Lipinski definition) is 7. The molecule has 9 heteroatoms. The first kappa shape index (κ1) is 18.7. The standard InChI is InChI=1S/C21H16N6OS2/c1-13(30-21-24-25-26-27(21)15-10-6-3-7-11-15)18-22-19(28)17-16(12-29-20(17)23-18)14-8-4-2-5-9-14/h2-13H,1H3,(H,22,23,28). The number of thioether (sulfide) groups is 1. The van der Waals surface area contributed by atoms with Gasteiger partial charge < -0.3 is 4.98 Å². The summed E-state index contributed by atoms with van der Waals surface area (Å²) in [7, 11) is 0. The fourth-order valence-electron chi connectivity index (χ4n) is 3.19. The number of aromatic nitrogens is 6. The number of aromatic amines is 1. The zero-order valence-corrected chi connectivity index (χ0v) is 17.5. The monoisotopic (exact) mass is 432 g/mol. The summed E-state index contributed by atoms with van der Waals surface area (Å²) in [5.41, 5.74) is 2.66. The molecule has 0 saturated carbocycles. The number of tetrazole rings is 1. The Labute approximate surface area is 179 Å². The van der Waals surface area contributed by atoms with Crippen molar-refractivity contribution >= 4 is 33.3 Å². The van der Waals surface area contributed by atoms with Crippen LogP contribution in [0, 0.1) is 0 Å². The van der Waals surface area contributed by atoms with Gasteiger partial charge in [-0.3, -0.25) is 4.79 Å². The van der Waals surface area contributed by atoms with Crippen molar-refractivity contribution in [2.24, 2.45) is 0 Å². The van der Waals surface area contributed by atoms with Crippen LogP contribution in [0.2, 0.25) is 0 Å². The van der Waals surface area contributed by atoms with Gasteiger partial charge in [-0.05, 0) is 35.0 Å². The Morgan fingerprint density at radius 3 is 2.57 bits per heavy atom. The molecular formula is C21H16N6OS2. The Balaban J connectivity index is 1.48. The normalized spacial score (nSPS) is 12.3. The van der Waals surface area contributed by atoms with Crippen molar-refractivity contribution in [1.29, 1.82) is 0 Å². The maximum atomic E-state index is 12.9. The summed E-state index contributed by atoms with van der Waals surface area (Å²) in [6.45, 7) is 1.98. The highest BCUT2D eigenvalue weighted by Crippen LogP contribution is 2.35. The molecule has 3 heterocycles. The van der Waals surface area contributed by atoms with Gasteiger partial charge in [-0.2, -0.15) is 4.68 Å². The summed E-state index contributed by atoms with van der Waals surface area (Å²) in [5.74, 6) is 0.599. The number of nitrogens with zero attached hydrogens (tertiary/aromatic N) is 5. The molecule has 0 radical (unpaired) electrons. The summed E-state index contributed by atoms with van der Waals surface area (Å²) in [6, 6.07) is 19.6. The number of thiophene rings is 1. The van der Waals surface area contributed by atoms with E-state index >= 15 is 0 Å². The van der Waals surface area contributed by atoms with Gasteiger partial charge in [-0.25, -0.2) is 4.98 Å². The van der Waals surface area contributed by atoms with Crippen LogP contribution in [0.5, 0.6) is 0 Å². The highest BCUT2D eigenvalue weighted by Gasteiger charge is 2.19. The maximum Gasteiger partial charge on any atom is 0.260 e. The Kier molecular flexibility index (Phi) is 4.89. The minimum Gasteiger partial charge on any atom is -0.309 e. The van der Waals surface area contributed by atoms with Gasteiger partial charge >= 0.3 is 0 Å². The second-order valence-electron chi connectivity index (χ2n) is 6.62. The fourth-order valence-corrected chi connectivity index (χ4v) is 5.01. The lowest BCUT2D eigenvalue weighted by atomic mass is 10.1. The first-order valence-electron chi connectivity index (χ1n) is 9.28. The van der Waals surface area contributed by atoms with Gasteiger partial charge in [0, 0.05) is 10.9 Å². The molecule has 2 aromatic carbocycles. The van der Waals surface area contributed by atoms with Crippen LogP contribution in [-0.2, 0) is 0 Å². The maximum absolute atomic E-state index is 12.9. The van der Waals surface area contributed by atoms with E-state index in [4.69, 9.17) is 4.98 Å². The zero-order chi connectivity index (χ0) is 20.5. The van der Waals surface area contributed by atoms with Crippen molar-refractivity contribution in [3.8, 4) is 16.8 Å². The summed E-state index contributed by atoms with van der Waals surface area (Å²) in [6.07, 6.45) is 0. The third-order valence-electron chi connectivity index (χ3n) is 4.66. The van der Waals surface area contributed by atoms with Crippen LogP contribution in [0.15, 0.2) is 76.0 Å². The SMILES string of the molecule is CC(Sc1nnnn1-c1ccccc1)c1nc2scc(-c3ccccc3)c2c(=O)[nH]1. The second-order valence-corrected chi connectivity index (χ2v) is 8.78. The van der Waals surface area contributed by atoms with Crippen molar-refractivity contribution < 1.29 is 0 Å². The second kappa shape index (κ2) is 7.85. The van der Waals surface area contributed by atoms with Crippen LogP contribution in [0.4, 0.5) is 0 Å². The van der Waals surface area contributed by atoms with E-state index in [0.29, 0.717) is 16.4 Å². The van der Waals surface area contributed by atoms with Crippen LogP contribution in [0.3, 0.4) is 0 Å². The molecule has 0 aliphatic carbocycles. The number of hydrogen-bond donors (Lipinski definition) is 1. The molecule has 148 valence electrons. The third-order valence-corrected chi connectivity index (χ3v) is 6.57. The van der Waals surface area contributed by atoms with Crippen molar-refractivity contribution in [2.45, 2.75) is 17.3 Å². The summed E-state index contributed by atoms with van der Waals surface area (Å²) >= 11 is 2.92. The van der Waals surface area contributed by atoms with Crippen molar-refractivity contribution in [2.75, 3.05) is 0 Å². The van der Waals surface area contributed by atoms with E-state index in [1.165, 1.54) is 23.1 Å². The molecule has 1 unspecified atom stereocenters. The van der Waals surface area contributed by atoms with Gasteiger partial charge in [-0.15, -0.1) is 16.4 Å². The molecule has 0 spiro atoms. The Hall–Kier alpha value is -3.30.